The highest BCUT2D eigenvalue weighted by Crippen LogP contribution is 2.13. The highest BCUT2D eigenvalue weighted by Gasteiger charge is 2.03. The van der Waals surface area contributed by atoms with Crippen molar-refractivity contribution >= 4 is 17.2 Å². The molecule has 2 N–H and O–H groups in total. The maximum atomic E-state index is 5.74. The molecule has 0 unspecified atom stereocenters. The summed E-state index contributed by atoms with van der Waals surface area (Å²) in [6, 6.07) is 7.57. The Hall–Kier alpha value is -1.17. The van der Waals surface area contributed by atoms with Crippen LogP contribution in [0.3, 0.4) is 0 Å². The molecule has 0 aromatic heterocycles. The van der Waals surface area contributed by atoms with Gasteiger partial charge in [-0.3, -0.25) is 4.90 Å². The number of rotatable bonds is 10. The molecule has 0 aliphatic carbocycles. The third-order valence-corrected chi connectivity index (χ3v) is 3.23. The Bertz CT molecular complexity index is 413. The number of nitrogens with two attached hydrogens (primary N) is 1. The van der Waals surface area contributed by atoms with Crippen LogP contribution in [0.15, 0.2) is 24.3 Å². The number of thiocarbonyl (C=S) groups is 1. The quantitative estimate of drug-likeness (QED) is 0.529. The lowest BCUT2D eigenvalue weighted by Gasteiger charge is -2.20. The van der Waals surface area contributed by atoms with Crippen molar-refractivity contribution in [2.75, 3.05) is 39.5 Å². The van der Waals surface area contributed by atoms with E-state index in [4.69, 9.17) is 27.4 Å². The Balaban J connectivity index is 2.35. The fourth-order valence-electron chi connectivity index (χ4n) is 1.80. The van der Waals surface area contributed by atoms with E-state index in [-0.39, 0.29) is 0 Å². The van der Waals surface area contributed by atoms with E-state index >= 15 is 0 Å². The SMILES string of the molecule is CCOCCN(CC)CCOc1cccc(C(N)=S)c1. The van der Waals surface area contributed by atoms with E-state index in [1.165, 1.54) is 0 Å². The zero-order valence-corrected chi connectivity index (χ0v) is 13.1. The fraction of sp³-hybridized carbons (Fsp3) is 0.533. The topological polar surface area (TPSA) is 47.7 Å². The van der Waals surface area contributed by atoms with Crippen LogP contribution in [-0.4, -0.2) is 49.3 Å². The van der Waals surface area contributed by atoms with Gasteiger partial charge in [0.1, 0.15) is 17.3 Å². The fourth-order valence-corrected chi connectivity index (χ4v) is 1.92. The van der Waals surface area contributed by atoms with E-state index in [0.29, 0.717) is 11.6 Å². The van der Waals surface area contributed by atoms with Crippen molar-refractivity contribution in [1.29, 1.82) is 0 Å². The molecule has 0 aliphatic heterocycles. The van der Waals surface area contributed by atoms with Crippen molar-refractivity contribution in [1.82, 2.24) is 4.90 Å². The molecule has 20 heavy (non-hydrogen) atoms. The van der Waals surface area contributed by atoms with E-state index in [1.54, 1.807) is 0 Å². The Morgan fingerprint density at radius 3 is 2.65 bits per heavy atom. The zero-order chi connectivity index (χ0) is 14.8. The molecule has 0 amide bonds. The third kappa shape index (κ3) is 6.32. The van der Waals surface area contributed by atoms with Gasteiger partial charge >= 0.3 is 0 Å². The van der Waals surface area contributed by atoms with Crippen LogP contribution in [0.4, 0.5) is 0 Å². The van der Waals surface area contributed by atoms with Gasteiger partial charge in [0.25, 0.3) is 0 Å². The predicted octanol–water partition coefficient (Wildman–Crippen LogP) is 2.06. The Morgan fingerprint density at radius 2 is 2.00 bits per heavy atom. The molecule has 4 nitrogen and oxygen atoms in total. The minimum absolute atomic E-state index is 0.391. The summed E-state index contributed by atoms with van der Waals surface area (Å²) in [5, 5.41) is 0. The van der Waals surface area contributed by atoms with E-state index in [0.717, 1.165) is 44.2 Å². The van der Waals surface area contributed by atoms with Gasteiger partial charge in [0.15, 0.2) is 0 Å². The van der Waals surface area contributed by atoms with Gasteiger partial charge in [-0.2, -0.15) is 0 Å². The summed E-state index contributed by atoms with van der Waals surface area (Å²) in [6.45, 7) is 9.11. The van der Waals surface area contributed by atoms with E-state index in [1.807, 2.05) is 31.2 Å². The van der Waals surface area contributed by atoms with Crippen LogP contribution in [0.1, 0.15) is 19.4 Å². The molecule has 0 saturated heterocycles. The van der Waals surface area contributed by atoms with Gasteiger partial charge in [0, 0.05) is 25.3 Å². The van der Waals surface area contributed by atoms with Crippen molar-refractivity contribution in [2.24, 2.45) is 5.73 Å². The molecule has 0 aliphatic rings. The highest BCUT2D eigenvalue weighted by atomic mass is 32.1. The van der Waals surface area contributed by atoms with Crippen molar-refractivity contribution in [3.63, 3.8) is 0 Å². The first-order valence-electron chi connectivity index (χ1n) is 7.00. The smallest absolute Gasteiger partial charge is 0.120 e. The number of likely N-dealkylation sites (N-methyl/N-ethyl adjacent to an activating group) is 1. The molecule has 5 heteroatoms. The van der Waals surface area contributed by atoms with Crippen molar-refractivity contribution in [2.45, 2.75) is 13.8 Å². The first kappa shape index (κ1) is 16.9. The average Bonchev–Trinajstić information content (AvgIpc) is 2.46. The van der Waals surface area contributed by atoms with Gasteiger partial charge in [-0.05, 0) is 25.6 Å². The maximum Gasteiger partial charge on any atom is 0.120 e. The zero-order valence-electron chi connectivity index (χ0n) is 12.3. The summed E-state index contributed by atoms with van der Waals surface area (Å²) in [6.07, 6.45) is 0. The predicted molar refractivity (Wildman–Crippen MR) is 86.4 cm³/mol. The lowest BCUT2D eigenvalue weighted by atomic mass is 10.2. The Morgan fingerprint density at radius 1 is 1.25 bits per heavy atom. The lowest BCUT2D eigenvalue weighted by molar-refractivity contribution is 0.108. The molecule has 1 aromatic rings. The molecule has 0 atom stereocenters. The molecular formula is C15H24N2O2S. The third-order valence-electron chi connectivity index (χ3n) is 3.00. The first-order chi connectivity index (χ1) is 9.67. The van der Waals surface area contributed by atoms with Crippen molar-refractivity contribution in [3.05, 3.63) is 29.8 Å². The molecular weight excluding hydrogens is 272 g/mol. The van der Waals surface area contributed by atoms with Crippen LogP contribution >= 0.6 is 12.2 Å². The number of hydrogen-bond donors (Lipinski definition) is 1. The van der Waals surface area contributed by atoms with Crippen LogP contribution < -0.4 is 10.5 Å². The summed E-state index contributed by atoms with van der Waals surface area (Å²) in [4.78, 5) is 2.69. The van der Waals surface area contributed by atoms with E-state index in [9.17, 15) is 0 Å². The number of hydrogen-bond acceptors (Lipinski definition) is 4. The Kier molecular flexibility index (Phi) is 8.18. The van der Waals surface area contributed by atoms with E-state index < -0.39 is 0 Å². The summed E-state index contributed by atoms with van der Waals surface area (Å²) in [7, 11) is 0. The standard InChI is InChI=1S/C15H24N2O2S/c1-3-17(8-10-18-4-2)9-11-19-14-7-5-6-13(12-14)15(16)20/h5-7,12H,3-4,8-11H2,1-2H3,(H2,16,20). The number of nitrogens with zero attached hydrogens (tertiary/aromatic N) is 1. The summed E-state index contributed by atoms with van der Waals surface area (Å²) in [5.74, 6) is 0.802. The second-order valence-corrected chi connectivity index (χ2v) is 4.81. The molecule has 112 valence electrons. The summed E-state index contributed by atoms with van der Waals surface area (Å²) < 4.78 is 11.1. The van der Waals surface area contributed by atoms with Gasteiger partial charge in [-0.1, -0.05) is 31.3 Å². The van der Waals surface area contributed by atoms with Crippen LogP contribution in [-0.2, 0) is 4.74 Å². The van der Waals surface area contributed by atoms with Gasteiger partial charge in [-0.25, -0.2) is 0 Å². The average molecular weight is 296 g/mol. The van der Waals surface area contributed by atoms with Gasteiger partial charge < -0.3 is 15.2 Å². The second kappa shape index (κ2) is 9.69. The minimum Gasteiger partial charge on any atom is -0.492 e. The minimum atomic E-state index is 0.391. The molecule has 0 fully saturated rings. The highest BCUT2D eigenvalue weighted by molar-refractivity contribution is 7.80. The number of benzene rings is 1. The second-order valence-electron chi connectivity index (χ2n) is 4.37. The van der Waals surface area contributed by atoms with Crippen LogP contribution in [0.25, 0.3) is 0 Å². The summed E-state index contributed by atoms with van der Waals surface area (Å²) >= 11 is 4.95. The van der Waals surface area contributed by atoms with Crippen molar-refractivity contribution < 1.29 is 9.47 Å². The van der Waals surface area contributed by atoms with Crippen molar-refractivity contribution in [3.8, 4) is 5.75 Å². The van der Waals surface area contributed by atoms with Gasteiger partial charge in [0.2, 0.25) is 0 Å². The number of ether oxygens (including phenoxy) is 2. The van der Waals surface area contributed by atoms with Crippen LogP contribution in [0, 0.1) is 0 Å². The van der Waals surface area contributed by atoms with Gasteiger partial charge in [0.05, 0.1) is 6.61 Å². The maximum absolute atomic E-state index is 5.74. The monoisotopic (exact) mass is 296 g/mol. The first-order valence-corrected chi connectivity index (χ1v) is 7.41. The molecule has 0 heterocycles. The van der Waals surface area contributed by atoms with Gasteiger partial charge in [-0.15, -0.1) is 0 Å². The van der Waals surface area contributed by atoms with Crippen LogP contribution in [0.2, 0.25) is 0 Å². The molecule has 0 bridgehead atoms. The van der Waals surface area contributed by atoms with E-state index in [2.05, 4.69) is 11.8 Å². The summed E-state index contributed by atoms with van der Waals surface area (Å²) in [5.41, 5.74) is 6.44. The largest absolute Gasteiger partial charge is 0.492 e. The molecule has 1 aromatic carbocycles. The Labute approximate surface area is 126 Å². The van der Waals surface area contributed by atoms with Crippen LogP contribution in [0.5, 0.6) is 5.75 Å². The molecule has 1 rings (SSSR count). The molecule has 0 saturated carbocycles. The lowest BCUT2D eigenvalue weighted by Crippen LogP contribution is -2.31. The molecule has 0 radical (unpaired) electrons. The molecule has 0 spiro atoms. The normalized spacial score (nSPS) is 10.8.